The summed E-state index contributed by atoms with van der Waals surface area (Å²) in [6, 6.07) is 0. The maximum absolute atomic E-state index is 13.2. The van der Waals surface area contributed by atoms with Crippen molar-refractivity contribution in [1.29, 1.82) is 0 Å². The van der Waals surface area contributed by atoms with E-state index in [4.69, 9.17) is 37.9 Å². The van der Waals surface area contributed by atoms with Crippen LogP contribution in [0.2, 0.25) is 0 Å². The SMILES string of the molecule is C[C@@H]1O[C@@H](O[C@@H]2C(O[C@H]3CC[C@@]4(C)C(CC[C@]5(C)C4CC=C4C6CC(C)(C)CC[C@]6(C(=O)O)CC[C@]45C)C3(C)C)OC[C@@H](OC3O[C@H](CO)[C@@H](O)[C@H](O)[C@H]3O)[C@H]2O)[C@H](O)[C@H](O[C@@H]2OC[C@@H](O)[C@H](O)[C@H]2O)[C@H]1O. The number of hydrogen-bond acceptors (Lipinski definition) is 19. The molecule has 5 unspecified atom stereocenters. The van der Waals surface area contributed by atoms with Gasteiger partial charge in [-0.25, -0.2) is 0 Å². The third-order valence-corrected chi connectivity index (χ3v) is 20.7. The van der Waals surface area contributed by atoms with E-state index in [1.165, 1.54) is 12.5 Å². The molecule has 4 saturated carbocycles. The van der Waals surface area contributed by atoms with Gasteiger partial charge >= 0.3 is 5.97 Å². The molecule has 5 aliphatic carbocycles. The average molecular weight is 1030 g/mol. The van der Waals surface area contributed by atoms with Crippen molar-refractivity contribution in [3.63, 3.8) is 0 Å². The zero-order valence-corrected chi connectivity index (χ0v) is 43.1. The van der Waals surface area contributed by atoms with Gasteiger partial charge in [-0.3, -0.25) is 4.79 Å². The minimum Gasteiger partial charge on any atom is -0.481 e. The molecule has 0 aromatic carbocycles. The van der Waals surface area contributed by atoms with Gasteiger partial charge in [0.2, 0.25) is 0 Å². The fraction of sp³-hybridized carbons (Fsp3) is 0.942. The third-order valence-electron chi connectivity index (χ3n) is 20.7. The molecule has 11 N–H and O–H groups in total. The molecular weight excluding hydrogens is 945 g/mol. The lowest BCUT2D eigenvalue weighted by Crippen LogP contribution is -2.67. The van der Waals surface area contributed by atoms with Crippen molar-refractivity contribution < 1.29 is 98.9 Å². The first-order valence-electron chi connectivity index (χ1n) is 26.5. The van der Waals surface area contributed by atoms with E-state index in [9.17, 15) is 61.0 Å². The molecule has 0 aromatic rings. The standard InChI is InChI=1S/C52H84O20/c1-23-32(55)40(71-42-37(60)33(56)26(54)21-65-42)39(62)44(67-23)72-41-35(58)28(69-43-38(61)36(59)34(57)27(20-53)68-43)22-66-45(41)70-31-12-13-49(6)29(48(31,4)5)11-14-51(8)30(49)10-9-24-25-19-47(2,3)15-17-52(25,46(63)64)18-16-50(24,51)7/h9,23,25-45,53-62H,10-22H2,1-8H3,(H,63,64)/t23-,25?,26+,27+,28+,29?,30?,31-,32-,33-,34+,35+,36-,37+,38+,39+,40+,41-,42-,43?,44-,45?,49-,50+,51+,52-/m0/s1. The van der Waals surface area contributed by atoms with Crippen LogP contribution in [0.1, 0.15) is 120 Å². The number of carboxylic acid groups (broad SMARTS) is 1. The highest BCUT2D eigenvalue weighted by Crippen LogP contribution is 2.76. The summed E-state index contributed by atoms with van der Waals surface area (Å²) in [6.45, 7) is 16.3. The van der Waals surface area contributed by atoms with Crippen LogP contribution in [0.4, 0.5) is 0 Å². The van der Waals surface area contributed by atoms with E-state index in [0.29, 0.717) is 25.2 Å². The van der Waals surface area contributed by atoms with Gasteiger partial charge in [-0.05, 0) is 116 Å². The molecule has 4 saturated heterocycles. The van der Waals surface area contributed by atoms with Crippen molar-refractivity contribution in [3.8, 4) is 0 Å². The van der Waals surface area contributed by atoms with Gasteiger partial charge in [0.25, 0.3) is 0 Å². The highest BCUT2D eigenvalue weighted by Gasteiger charge is 2.70. The van der Waals surface area contributed by atoms with Crippen molar-refractivity contribution in [2.45, 2.75) is 236 Å². The number of rotatable bonds is 10. The first-order chi connectivity index (χ1) is 33.7. The van der Waals surface area contributed by atoms with E-state index >= 15 is 0 Å². The quantitative estimate of drug-likeness (QED) is 0.107. The summed E-state index contributed by atoms with van der Waals surface area (Å²) in [4.78, 5) is 13.2. The molecule has 26 atom stereocenters. The molecule has 8 fully saturated rings. The maximum Gasteiger partial charge on any atom is 0.310 e. The van der Waals surface area contributed by atoms with Crippen LogP contribution >= 0.6 is 0 Å². The number of fused-ring (bicyclic) bond motifs is 7. The Bertz CT molecular complexity index is 1990. The predicted molar refractivity (Wildman–Crippen MR) is 250 cm³/mol. The van der Waals surface area contributed by atoms with Gasteiger partial charge in [-0.2, -0.15) is 0 Å². The Morgan fingerprint density at radius 1 is 0.639 bits per heavy atom. The Hall–Kier alpha value is -1.51. The van der Waals surface area contributed by atoms with Crippen LogP contribution in [-0.4, -0.2) is 199 Å². The first-order valence-corrected chi connectivity index (χ1v) is 26.5. The normalized spacial score (nSPS) is 54.3. The molecule has 0 spiro atoms. The topological polar surface area (TPSA) is 313 Å². The van der Waals surface area contributed by atoms with E-state index in [1.807, 2.05) is 0 Å². The lowest BCUT2D eigenvalue weighted by atomic mass is 9.33. The number of carboxylic acids is 1. The molecule has 0 amide bonds. The van der Waals surface area contributed by atoms with Crippen molar-refractivity contribution in [1.82, 2.24) is 0 Å². The average Bonchev–Trinajstić information content (AvgIpc) is 3.32. The van der Waals surface area contributed by atoms with Crippen molar-refractivity contribution >= 4 is 5.97 Å². The number of aliphatic hydroxyl groups excluding tert-OH is 10. The van der Waals surface area contributed by atoms with Crippen molar-refractivity contribution in [3.05, 3.63) is 11.6 Å². The zero-order chi connectivity index (χ0) is 52.4. The molecule has 412 valence electrons. The summed E-state index contributed by atoms with van der Waals surface area (Å²) in [5.41, 5.74) is -0.167. The summed E-state index contributed by atoms with van der Waals surface area (Å²) in [7, 11) is 0. The lowest BCUT2D eigenvalue weighted by molar-refractivity contribution is -0.388. The maximum atomic E-state index is 13.2. The van der Waals surface area contributed by atoms with Crippen LogP contribution in [0.15, 0.2) is 11.6 Å². The summed E-state index contributed by atoms with van der Waals surface area (Å²) >= 11 is 0. The lowest BCUT2D eigenvalue weighted by Gasteiger charge is -2.71. The van der Waals surface area contributed by atoms with Crippen LogP contribution in [-0.2, 0) is 42.7 Å². The Morgan fingerprint density at radius 2 is 1.29 bits per heavy atom. The predicted octanol–water partition coefficient (Wildman–Crippen LogP) is 0.836. The van der Waals surface area contributed by atoms with Gasteiger partial charge in [0.1, 0.15) is 79.4 Å². The van der Waals surface area contributed by atoms with Crippen molar-refractivity contribution in [2.24, 2.45) is 50.2 Å². The smallest absolute Gasteiger partial charge is 0.310 e. The number of ether oxygens (including phenoxy) is 8. The monoisotopic (exact) mass is 1030 g/mol. The fourth-order valence-electron chi connectivity index (χ4n) is 16.0. The summed E-state index contributed by atoms with van der Waals surface area (Å²) in [6.07, 6.45) is -17.9. The third kappa shape index (κ3) is 8.87. The number of aliphatic carboxylic acids is 1. The number of aliphatic hydroxyl groups is 10. The molecule has 4 aliphatic heterocycles. The van der Waals surface area contributed by atoms with E-state index in [2.05, 4.69) is 54.5 Å². The second-order valence-corrected chi connectivity index (χ2v) is 25.4. The molecule has 0 aromatic heterocycles. The minimum absolute atomic E-state index is 0.000712. The summed E-state index contributed by atoms with van der Waals surface area (Å²) in [5.74, 6) is -0.177. The van der Waals surface area contributed by atoms with Crippen LogP contribution in [0.3, 0.4) is 0 Å². The molecule has 4 heterocycles. The fourth-order valence-corrected chi connectivity index (χ4v) is 16.0. The summed E-state index contributed by atoms with van der Waals surface area (Å²) in [5, 5.41) is 119. The van der Waals surface area contributed by atoms with Crippen LogP contribution < -0.4 is 0 Å². The van der Waals surface area contributed by atoms with Gasteiger partial charge in [0.05, 0.1) is 37.4 Å². The largest absolute Gasteiger partial charge is 0.481 e. The molecular formula is C52H84O20. The number of hydrogen-bond donors (Lipinski definition) is 11. The molecule has 20 nitrogen and oxygen atoms in total. The van der Waals surface area contributed by atoms with E-state index in [0.717, 1.165) is 44.9 Å². The van der Waals surface area contributed by atoms with E-state index < -0.39 is 147 Å². The number of allylic oxidation sites excluding steroid dienone is 2. The van der Waals surface area contributed by atoms with Crippen LogP contribution in [0, 0.1) is 50.2 Å². The minimum atomic E-state index is -1.82. The highest BCUT2D eigenvalue weighted by molar-refractivity contribution is 5.76. The van der Waals surface area contributed by atoms with Gasteiger partial charge < -0.3 is 94.1 Å². The molecule has 9 rings (SSSR count). The second kappa shape index (κ2) is 19.7. The summed E-state index contributed by atoms with van der Waals surface area (Å²) < 4.78 is 48.7. The molecule has 9 aliphatic rings. The molecule has 0 bridgehead atoms. The first kappa shape index (κ1) is 55.3. The van der Waals surface area contributed by atoms with Gasteiger partial charge in [0, 0.05) is 0 Å². The number of carbonyl (C=O) groups is 1. The van der Waals surface area contributed by atoms with Gasteiger partial charge in [-0.1, -0.05) is 60.1 Å². The Kier molecular flexibility index (Phi) is 15.2. The molecule has 72 heavy (non-hydrogen) atoms. The highest BCUT2D eigenvalue weighted by atomic mass is 16.8. The zero-order valence-electron chi connectivity index (χ0n) is 43.1. The van der Waals surface area contributed by atoms with Crippen LogP contribution in [0.25, 0.3) is 0 Å². The van der Waals surface area contributed by atoms with Gasteiger partial charge in [-0.15, -0.1) is 0 Å². The van der Waals surface area contributed by atoms with Crippen molar-refractivity contribution in [2.75, 3.05) is 19.8 Å². The van der Waals surface area contributed by atoms with E-state index in [1.54, 1.807) is 0 Å². The van der Waals surface area contributed by atoms with Gasteiger partial charge in [0.15, 0.2) is 25.2 Å². The molecule has 20 heteroatoms. The van der Waals surface area contributed by atoms with E-state index in [-0.39, 0.29) is 40.1 Å². The Morgan fingerprint density at radius 3 is 1.99 bits per heavy atom. The Labute approximate surface area is 421 Å². The van der Waals surface area contributed by atoms with Crippen LogP contribution in [0.5, 0.6) is 0 Å². The second-order valence-electron chi connectivity index (χ2n) is 25.4. The molecule has 0 radical (unpaired) electrons. The Balaban J connectivity index is 0.969.